The van der Waals surface area contributed by atoms with Gasteiger partial charge in [0, 0.05) is 11.1 Å². The molecule has 0 saturated heterocycles. The predicted octanol–water partition coefficient (Wildman–Crippen LogP) is 1.96. The van der Waals surface area contributed by atoms with Gasteiger partial charge in [-0.15, -0.1) is 16.4 Å². The average molecular weight is 294 g/mol. The van der Waals surface area contributed by atoms with E-state index in [1.54, 1.807) is 23.6 Å². The molecule has 2 aromatic rings. The van der Waals surface area contributed by atoms with Gasteiger partial charge in [0.2, 0.25) is 5.91 Å². The van der Waals surface area contributed by atoms with Crippen molar-refractivity contribution in [3.63, 3.8) is 0 Å². The first-order valence-corrected chi connectivity index (χ1v) is 7.55. The summed E-state index contributed by atoms with van der Waals surface area (Å²) in [6, 6.07) is 3.64. The fourth-order valence-electron chi connectivity index (χ4n) is 1.47. The predicted molar refractivity (Wildman–Crippen MR) is 76.2 cm³/mol. The lowest BCUT2D eigenvalue weighted by Crippen LogP contribution is -2.24. The normalized spacial score (nSPS) is 10.4. The van der Waals surface area contributed by atoms with E-state index >= 15 is 0 Å². The third-order valence-corrected chi connectivity index (χ3v) is 4.34. The molecule has 0 saturated carbocycles. The Bertz CT molecular complexity index is 556. The summed E-state index contributed by atoms with van der Waals surface area (Å²) in [6.45, 7) is 4.46. The van der Waals surface area contributed by atoms with Crippen molar-refractivity contribution in [2.24, 2.45) is 0 Å². The third-order valence-electron chi connectivity index (χ3n) is 2.34. The average Bonchev–Trinajstić information content (AvgIpc) is 2.73. The number of carbonyl (C=O) groups excluding carboxylic acids is 1. The monoisotopic (exact) mass is 294 g/mol. The second kappa shape index (κ2) is 6.63. The van der Waals surface area contributed by atoms with Crippen LogP contribution >= 0.6 is 23.1 Å². The molecule has 0 aliphatic carbocycles. The van der Waals surface area contributed by atoms with E-state index in [0.717, 1.165) is 20.6 Å². The van der Waals surface area contributed by atoms with Gasteiger partial charge in [0.05, 0.1) is 23.0 Å². The minimum absolute atomic E-state index is 0.0129. The van der Waals surface area contributed by atoms with Crippen molar-refractivity contribution in [1.82, 2.24) is 20.5 Å². The summed E-state index contributed by atoms with van der Waals surface area (Å²) in [4.78, 5) is 17.1. The molecule has 2 heterocycles. The molecular formula is C12H14N4OS2. The lowest BCUT2D eigenvalue weighted by Gasteiger charge is -2.03. The van der Waals surface area contributed by atoms with Crippen molar-refractivity contribution in [2.45, 2.75) is 25.4 Å². The largest absolute Gasteiger partial charge is 0.350 e. The molecule has 0 unspecified atom stereocenters. The molecule has 2 rings (SSSR count). The van der Waals surface area contributed by atoms with Crippen LogP contribution in [0.4, 0.5) is 0 Å². The number of rotatable bonds is 5. The zero-order valence-corrected chi connectivity index (χ0v) is 12.3. The Kier molecular flexibility index (Phi) is 4.86. The van der Waals surface area contributed by atoms with Gasteiger partial charge in [0.1, 0.15) is 5.03 Å². The van der Waals surface area contributed by atoms with Crippen LogP contribution in [0.5, 0.6) is 0 Å². The number of hydrogen-bond acceptors (Lipinski definition) is 6. The molecular weight excluding hydrogens is 280 g/mol. The van der Waals surface area contributed by atoms with Crippen LogP contribution in [0.1, 0.15) is 15.6 Å². The van der Waals surface area contributed by atoms with E-state index in [9.17, 15) is 4.79 Å². The molecule has 19 heavy (non-hydrogen) atoms. The van der Waals surface area contributed by atoms with Crippen LogP contribution in [0.25, 0.3) is 0 Å². The van der Waals surface area contributed by atoms with Gasteiger partial charge >= 0.3 is 0 Å². The number of carbonyl (C=O) groups is 1. The van der Waals surface area contributed by atoms with Crippen molar-refractivity contribution in [3.05, 3.63) is 33.9 Å². The number of hydrogen-bond donors (Lipinski definition) is 1. The molecule has 0 aliphatic rings. The Balaban J connectivity index is 1.77. The summed E-state index contributed by atoms with van der Waals surface area (Å²) in [5, 5.41) is 12.3. The van der Waals surface area contributed by atoms with Gasteiger partial charge in [0.25, 0.3) is 0 Å². The summed E-state index contributed by atoms with van der Waals surface area (Å²) in [5.41, 5.74) is 0.990. The molecule has 2 aromatic heterocycles. The first-order chi connectivity index (χ1) is 9.15. The summed E-state index contributed by atoms with van der Waals surface area (Å²) in [7, 11) is 0. The smallest absolute Gasteiger partial charge is 0.230 e. The number of aromatic nitrogens is 3. The molecule has 0 aliphatic heterocycles. The second-order valence-electron chi connectivity index (χ2n) is 3.87. The molecule has 0 radical (unpaired) electrons. The number of thiazole rings is 1. The maximum Gasteiger partial charge on any atom is 0.230 e. The van der Waals surface area contributed by atoms with Gasteiger partial charge in [0.15, 0.2) is 0 Å². The van der Waals surface area contributed by atoms with Gasteiger partial charge in [-0.1, -0.05) is 11.8 Å². The second-order valence-corrected chi connectivity index (χ2v) is 6.15. The molecule has 7 heteroatoms. The molecule has 100 valence electrons. The minimum Gasteiger partial charge on any atom is -0.350 e. The van der Waals surface area contributed by atoms with E-state index in [0.29, 0.717) is 12.3 Å². The Hall–Kier alpha value is -1.47. The lowest BCUT2D eigenvalue weighted by molar-refractivity contribution is -0.118. The van der Waals surface area contributed by atoms with Crippen LogP contribution in [0, 0.1) is 13.8 Å². The molecule has 0 bridgehead atoms. The first kappa shape index (κ1) is 14.0. The quantitative estimate of drug-likeness (QED) is 0.854. The van der Waals surface area contributed by atoms with Crippen molar-refractivity contribution < 1.29 is 4.79 Å². The highest BCUT2D eigenvalue weighted by Crippen LogP contribution is 2.17. The fourth-order valence-corrected chi connectivity index (χ4v) is 3.01. The van der Waals surface area contributed by atoms with Gasteiger partial charge in [-0.2, -0.15) is 5.10 Å². The van der Waals surface area contributed by atoms with Crippen molar-refractivity contribution in [1.29, 1.82) is 0 Å². The number of nitrogens with zero attached hydrogens (tertiary/aromatic N) is 3. The topological polar surface area (TPSA) is 67.8 Å². The van der Waals surface area contributed by atoms with Crippen LogP contribution in [0.3, 0.4) is 0 Å². The fraction of sp³-hybridized carbons (Fsp3) is 0.333. The SMILES string of the molecule is Cc1nc(C)c(CNC(=O)CSc2cccnn2)s1. The number of aryl methyl sites for hydroxylation is 2. The van der Waals surface area contributed by atoms with Gasteiger partial charge in [-0.3, -0.25) is 4.79 Å². The number of nitrogens with one attached hydrogen (secondary N) is 1. The zero-order chi connectivity index (χ0) is 13.7. The zero-order valence-electron chi connectivity index (χ0n) is 10.7. The molecule has 5 nitrogen and oxygen atoms in total. The van der Waals surface area contributed by atoms with E-state index in [4.69, 9.17) is 0 Å². The maximum atomic E-state index is 11.7. The van der Waals surface area contributed by atoms with Crippen molar-refractivity contribution >= 4 is 29.0 Å². The number of amides is 1. The van der Waals surface area contributed by atoms with Gasteiger partial charge in [-0.25, -0.2) is 4.98 Å². The molecule has 0 fully saturated rings. The summed E-state index contributed by atoms with van der Waals surface area (Å²) >= 11 is 2.99. The lowest BCUT2D eigenvalue weighted by atomic mass is 10.4. The van der Waals surface area contributed by atoms with Crippen molar-refractivity contribution in [3.8, 4) is 0 Å². The highest BCUT2D eigenvalue weighted by atomic mass is 32.2. The summed E-state index contributed by atoms with van der Waals surface area (Å²) in [6.07, 6.45) is 1.61. The van der Waals surface area contributed by atoms with E-state index in [-0.39, 0.29) is 5.91 Å². The van der Waals surface area contributed by atoms with Gasteiger partial charge in [-0.05, 0) is 26.0 Å². The van der Waals surface area contributed by atoms with E-state index in [1.165, 1.54) is 11.8 Å². The summed E-state index contributed by atoms with van der Waals surface area (Å²) < 4.78 is 0. The van der Waals surface area contributed by atoms with Crippen LogP contribution < -0.4 is 5.32 Å². The number of thioether (sulfide) groups is 1. The molecule has 0 spiro atoms. The summed E-state index contributed by atoms with van der Waals surface area (Å²) in [5.74, 6) is 0.330. The first-order valence-electron chi connectivity index (χ1n) is 5.75. The van der Waals surface area contributed by atoms with Gasteiger partial charge < -0.3 is 5.32 Å². The Morgan fingerprint density at radius 2 is 2.32 bits per heavy atom. The Morgan fingerprint density at radius 1 is 1.47 bits per heavy atom. The van der Waals surface area contributed by atoms with E-state index < -0.39 is 0 Å². The molecule has 1 N–H and O–H groups in total. The van der Waals surface area contributed by atoms with E-state index in [1.807, 2.05) is 19.9 Å². The van der Waals surface area contributed by atoms with Crippen LogP contribution in [0.15, 0.2) is 23.4 Å². The van der Waals surface area contributed by atoms with E-state index in [2.05, 4.69) is 20.5 Å². The Labute approximate surface area is 119 Å². The van der Waals surface area contributed by atoms with Crippen LogP contribution in [-0.4, -0.2) is 26.8 Å². The third kappa shape index (κ3) is 4.29. The Morgan fingerprint density at radius 3 is 2.95 bits per heavy atom. The maximum absolute atomic E-state index is 11.7. The highest BCUT2D eigenvalue weighted by Gasteiger charge is 2.07. The molecule has 1 amide bonds. The molecule has 0 aromatic carbocycles. The molecule has 0 atom stereocenters. The van der Waals surface area contributed by atoms with Crippen LogP contribution in [-0.2, 0) is 11.3 Å². The highest BCUT2D eigenvalue weighted by molar-refractivity contribution is 7.99. The standard InChI is InChI=1S/C12H14N4OS2/c1-8-10(19-9(2)15-8)6-13-11(17)7-18-12-4-3-5-14-16-12/h3-5H,6-7H2,1-2H3,(H,13,17). The van der Waals surface area contributed by atoms with Crippen molar-refractivity contribution in [2.75, 3.05) is 5.75 Å². The minimum atomic E-state index is -0.0129. The van der Waals surface area contributed by atoms with Crippen LogP contribution in [0.2, 0.25) is 0 Å².